The third kappa shape index (κ3) is 1.75. The summed E-state index contributed by atoms with van der Waals surface area (Å²) in [5.74, 6) is 0. The van der Waals surface area contributed by atoms with Crippen molar-refractivity contribution in [3.8, 4) is 0 Å². The first-order chi connectivity index (χ1) is 6.40. The zero-order valence-corrected chi connectivity index (χ0v) is 7.36. The molecule has 1 aromatic rings. The van der Waals surface area contributed by atoms with Gasteiger partial charge in [0.2, 0.25) is 0 Å². The standard InChI is InChI=1S/C10H12N2O/c13-7-9-4-3-8(6-12-9)10-2-1-5-11-10/h3-4,6-7,10-11H,1-2,5H2/t10-/m1/s1. The van der Waals surface area contributed by atoms with Crippen molar-refractivity contribution in [2.75, 3.05) is 6.54 Å². The summed E-state index contributed by atoms with van der Waals surface area (Å²) in [6, 6.07) is 4.18. The van der Waals surface area contributed by atoms with Crippen LogP contribution in [0.3, 0.4) is 0 Å². The van der Waals surface area contributed by atoms with E-state index in [1.54, 1.807) is 12.3 Å². The van der Waals surface area contributed by atoms with Gasteiger partial charge in [0.15, 0.2) is 6.29 Å². The highest BCUT2D eigenvalue weighted by Gasteiger charge is 2.15. The Bertz CT molecular complexity index is 288. The maximum atomic E-state index is 10.4. The van der Waals surface area contributed by atoms with E-state index >= 15 is 0 Å². The van der Waals surface area contributed by atoms with Crippen LogP contribution >= 0.6 is 0 Å². The molecular weight excluding hydrogens is 164 g/mol. The molecule has 2 heterocycles. The zero-order chi connectivity index (χ0) is 9.10. The van der Waals surface area contributed by atoms with Gasteiger partial charge in [-0.05, 0) is 31.0 Å². The summed E-state index contributed by atoms with van der Waals surface area (Å²) in [5.41, 5.74) is 1.69. The van der Waals surface area contributed by atoms with Gasteiger partial charge >= 0.3 is 0 Å². The van der Waals surface area contributed by atoms with E-state index in [1.807, 2.05) is 6.07 Å². The minimum Gasteiger partial charge on any atom is -0.310 e. The Balaban J connectivity index is 2.16. The van der Waals surface area contributed by atoms with Crippen LogP contribution < -0.4 is 5.32 Å². The van der Waals surface area contributed by atoms with E-state index in [-0.39, 0.29) is 0 Å². The van der Waals surface area contributed by atoms with Gasteiger partial charge in [-0.3, -0.25) is 9.78 Å². The lowest BCUT2D eigenvalue weighted by molar-refractivity contribution is 0.111. The van der Waals surface area contributed by atoms with Crippen LogP contribution in [0.25, 0.3) is 0 Å². The number of nitrogens with one attached hydrogen (secondary N) is 1. The second-order valence-corrected chi connectivity index (χ2v) is 3.28. The first kappa shape index (κ1) is 8.38. The van der Waals surface area contributed by atoms with Crippen molar-refractivity contribution < 1.29 is 4.79 Å². The monoisotopic (exact) mass is 176 g/mol. The molecule has 0 unspecified atom stereocenters. The van der Waals surface area contributed by atoms with Crippen LogP contribution in [-0.2, 0) is 0 Å². The Hall–Kier alpha value is -1.22. The van der Waals surface area contributed by atoms with E-state index in [0.29, 0.717) is 11.7 Å². The lowest BCUT2D eigenvalue weighted by atomic mass is 10.1. The number of carbonyl (C=O) groups excluding carboxylic acids is 1. The summed E-state index contributed by atoms with van der Waals surface area (Å²) in [5, 5.41) is 3.38. The Kier molecular flexibility index (Phi) is 2.36. The minimum atomic E-state index is 0.438. The summed E-state index contributed by atoms with van der Waals surface area (Å²) < 4.78 is 0. The molecule has 1 fully saturated rings. The molecule has 68 valence electrons. The van der Waals surface area contributed by atoms with Crippen LogP contribution in [0, 0.1) is 0 Å². The maximum absolute atomic E-state index is 10.4. The van der Waals surface area contributed by atoms with E-state index in [4.69, 9.17) is 0 Å². The maximum Gasteiger partial charge on any atom is 0.168 e. The fourth-order valence-corrected chi connectivity index (χ4v) is 1.66. The topological polar surface area (TPSA) is 42.0 Å². The molecule has 0 aliphatic carbocycles. The molecule has 2 rings (SSSR count). The van der Waals surface area contributed by atoms with Crippen molar-refractivity contribution in [1.82, 2.24) is 10.3 Å². The lowest BCUT2D eigenvalue weighted by Gasteiger charge is -2.09. The molecule has 1 aliphatic rings. The summed E-state index contributed by atoms with van der Waals surface area (Å²) in [4.78, 5) is 14.4. The second kappa shape index (κ2) is 3.66. The normalized spacial score (nSPS) is 21.7. The first-order valence-electron chi connectivity index (χ1n) is 4.54. The number of rotatable bonds is 2. The SMILES string of the molecule is O=Cc1ccc([C@H]2CCCN2)cn1. The Morgan fingerprint density at radius 3 is 3.00 bits per heavy atom. The molecule has 1 aromatic heterocycles. The Morgan fingerprint density at radius 1 is 1.54 bits per heavy atom. The van der Waals surface area contributed by atoms with Crippen molar-refractivity contribution in [3.63, 3.8) is 0 Å². The van der Waals surface area contributed by atoms with Gasteiger partial charge < -0.3 is 5.32 Å². The lowest BCUT2D eigenvalue weighted by Crippen LogP contribution is -2.13. The molecule has 0 bridgehead atoms. The highest BCUT2D eigenvalue weighted by molar-refractivity contribution is 5.71. The van der Waals surface area contributed by atoms with Crippen LogP contribution in [0.5, 0.6) is 0 Å². The minimum absolute atomic E-state index is 0.438. The number of pyridine rings is 1. The predicted molar refractivity (Wildman–Crippen MR) is 49.6 cm³/mol. The van der Waals surface area contributed by atoms with Crippen molar-refractivity contribution in [2.45, 2.75) is 18.9 Å². The highest BCUT2D eigenvalue weighted by atomic mass is 16.1. The fourth-order valence-electron chi connectivity index (χ4n) is 1.66. The van der Waals surface area contributed by atoms with E-state index in [1.165, 1.54) is 18.4 Å². The van der Waals surface area contributed by atoms with Crippen molar-refractivity contribution in [3.05, 3.63) is 29.6 Å². The Labute approximate surface area is 77.2 Å². The van der Waals surface area contributed by atoms with Crippen LogP contribution in [0.2, 0.25) is 0 Å². The van der Waals surface area contributed by atoms with E-state index in [2.05, 4.69) is 10.3 Å². The van der Waals surface area contributed by atoms with Gasteiger partial charge in [-0.15, -0.1) is 0 Å². The van der Waals surface area contributed by atoms with Gasteiger partial charge in [0, 0.05) is 12.2 Å². The zero-order valence-electron chi connectivity index (χ0n) is 7.36. The summed E-state index contributed by atoms with van der Waals surface area (Å²) in [6.07, 6.45) is 4.95. The summed E-state index contributed by atoms with van der Waals surface area (Å²) >= 11 is 0. The molecule has 3 heteroatoms. The van der Waals surface area contributed by atoms with Gasteiger partial charge in [-0.25, -0.2) is 0 Å². The molecule has 0 spiro atoms. The number of hydrogen-bond acceptors (Lipinski definition) is 3. The number of carbonyl (C=O) groups is 1. The van der Waals surface area contributed by atoms with Crippen LogP contribution in [0.4, 0.5) is 0 Å². The van der Waals surface area contributed by atoms with Gasteiger partial charge in [-0.2, -0.15) is 0 Å². The number of nitrogens with zero attached hydrogens (tertiary/aromatic N) is 1. The average Bonchev–Trinajstić information content (AvgIpc) is 2.71. The molecule has 0 saturated carbocycles. The summed E-state index contributed by atoms with van der Waals surface area (Å²) in [7, 11) is 0. The van der Waals surface area contributed by atoms with Crippen LogP contribution in [-0.4, -0.2) is 17.8 Å². The number of aldehydes is 1. The van der Waals surface area contributed by atoms with Gasteiger partial charge in [0.25, 0.3) is 0 Å². The molecule has 3 nitrogen and oxygen atoms in total. The molecule has 1 N–H and O–H groups in total. The summed E-state index contributed by atoms with van der Waals surface area (Å²) in [6.45, 7) is 1.08. The van der Waals surface area contributed by atoms with Crippen LogP contribution in [0.1, 0.15) is 34.9 Å². The molecule has 1 saturated heterocycles. The molecule has 0 amide bonds. The van der Waals surface area contributed by atoms with Crippen molar-refractivity contribution in [1.29, 1.82) is 0 Å². The van der Waals surface area contributed by atoms with Crippen LogP contribution in [0.15, 0.2) is 18.3 Å². The third-order valence-electron chi connectivity index (χ3n) is 2.39. The van der Waals surface area contributed by atoms with Crippen molar-refractivity contribution >= 4 is 6.29 Å². The predicted octanol–water partition coefficient (Wildman–Crippen LogP) is 1.32. The molecule has 13 heavy (non-hydrogen) atoms. The quantitative estimate of drug-likeness (QED) is 0.691. The van der Waals surface area contributed by atoms with Gasteiger partial charge in [-0.1, -0.05) is 6.07 Å². The Morgan fingerprint density at radius 2 is 2.46 bits per heavy atom. The molecule has 0 aromatic carbocycles. The van der Waals surface area contributed by atoms with E-state index < -0.39 is 0 Å². The number of hydrogen-bond donors (Lipinski definition) is 1. The third-order valence-corrected chi connectivity index (χ3v) is 2.39. The fraction of sp³-hybridized carbons (Fsp3) is 0.400. The molecular formula is C10H12N2O. The average molecular weight is 176 g/mol. The molecule has 1 aliphatic heterocycles. The molecule has 0 radical (unpaired) electrons. The highest BCUT2D eigenvalue weighted by Crippen LogP contribution is 2.21. The first-order valence-corrected chi connectivity index (χ1v) is 4.54. The largest absolute Gasteiger partial charge is 0.310 e. The smallest absolute Gasteiger partial charge is 0.168 e. The van der Waals surface area contributed by atoms with E-state index in [0.717, 1.165) is 12.8 Å². The van der Waals surface area contributed by atoms with Crippen molar-refractivity contribution in [2.24, 2.45) is 0 Å². The van der Waals surface area contributed by atoms with E-state index in [9.17, 15) is 4.79 Å². The van der Waals surface area contributed by atoms with Gasteiger partial charge in [0.05, 0.1) is 0 Å². The number of aromatic nitrogens is 1. The molecule has 1 atom stereocenters. The second-order valence-electron chi connectivity index (χ2n) is 3.28. The van der Waals surface area contributed by atoms with Gasteiger partial charge in [0.1, 0.15) is 5.69 Å².